The summed E-state index contributed by atoms with van der Waals surface area (Å²) >= 11 is 0. The van der Waals surface area contributed by atoms with E-state index in [-0.39, 0.29) is 0 Å². The van der Waals surface area contributed by atoms with E-state index in [0.29, 0.717) is 11.9 Å². The lowest BCUT2D eigenvalue weighted by Gasteiger charge is -2.27. The van der Waals surface area contributed by atoms with Gasteiger partial charge in [-0.05, 0) is 33.4 Å². The molecule has 0 aliphatic carbocycles. The Hall–Kier alpha value is -1.36. The fourth-order valence-corrected chi connectivity index (χ4v) is 2.91. The summed E-state index contributed by atoms with van der Waals surface area (Å²) in [4.78, 5) is 13.7. The Morgan fingerprint density at radius 2 is 1.95 bits per heavy atom. The molecule has 0 radical (unpaired) electrons. The summed E-state index contributed by atoms with van der Waals surface area (Å²) in [6.45, 7) is 12.7. The number of aromatic nitrogens is 2. The van der Waals surface area contributed by atoms with Gasteiger partial charge in [0.15, 0.2) is 0 Å². The van der Waals surface area contributed by atoms with Gasteiger partial charge in [-0.1, -0.05) is 13.8 Å². The van der Waals surface area contributed by atoms with Crippen LogP contribution in [-0.2, 0) is 0 Å². The Morgan fingerprint density at radius 3 is 2.58 bits per heavy atom. The topological polar surface area (TPSA) is 58.3 Å². The SMILES string of the molecule is CCN(CC)C1CCN(c2nc(C)nc(N)c2C)C1. The van der Waals surface area contributed by atoms with Crippen molar-refractivity contribution in [3.05, 3.63) is 11.4 Å². The normalized spacial score (nSPS) is 19.4. The van der Waals surface area contributed by atoms with Crippen molar-refractivity contribution in [3.8, 4) is 0 Å². The van der Waals surface area contributed by atoms with Gasteiger partial charge in [0.2, 0.25) is 0 Å². The van der Waals surface area contributed by atoms with Crippen LogP contribution in [0.3, 0.4) is 0 Å². The second-order valence-corrected chi connectivity index (χ2v) is 5.21. The minimum atomic E-state index is 0.605. The molecule has 2 heterocycles. The molecule has 1 aromatic rings. The van der Waals surface area contributed by atoms with Gasteiger partial charge in [0.1, 0.15) is 17.5 Å². The van der Waals surface area contributed by atoms with Gasteiger partial charge in [0.25, 0.3) is 0 Å². The van der Waals surface area contributed by atoms with Gasteiger partial charge < -0.3 is 10.6 Å². The predicted molar refractivity (Wildman–Crippen MR) is 79.5 cm³/mol. The van der Waals surface area contributed by atoms with Gasteiger partial charge in [-0.25, -0.2) is 9.97 Å². The third kappa shape index (κ3) is 2.81. The van der Waals surface area contributed by atoms with Gasteiger partial charge in [-0.15, -0.1) is 0 Å². The van der Waals surface area contributed by atoms with Crippen molar-refractivity contribution < 1.29 is 0 Å². The van der Waals surface area contributed by atoms with E-state index in [1.165, 1.54) is 6.42 Å². The average molecular weight is 263 g/mol. The summed E-state index contributed by atoms with van der Waals surface area (Å²) < 4.78 is 0. The largest absolute Gasteiger partial charge is 0.383 e. The average Bonchev–Trinajstić information content (AvgIpc) is 2.85. The maximum atomic E-state index is 5.95. The summed E-state index contributed by atoms with van der Waals surface area (Å²) in [7, 11) is 0. The van der Waals surface area contributed by atoms with Crippen LogP contribution >= 0.6 is 0 Å². The number of rotatable bonds is 4. The van der Waals surface area contributed by atoms with E-state index in [4.69, 9.17) is 5.73 Å². The molecule has 1 atom stereocenters. The fourth-order valence-electron chi connectivity index (χ4n) is 2.91. The minimum Gasteiger partial charge on any atom is -0.383 e. The molecule has 5 nitrogen and oxygen atoms in total. The van der Waals surface area contributed by atoms with E-state index in [2.05, 4.69) is 33.6 Å². The highest BCUT2D eigenvalue weighted by Gasteiger charge is 2.28. The third-order valence-electron chi connectivity index (χ3n) is 4.06. The van der Waals surface area contributed by atoms with Gasteiger partial charge in [-0.2, -0.15) is 0 Å². The van der Waals surface area contributed by atoms with Crippen molar-refractivity contribution in [2.24, 2.45) is 0 Å². The molecule has 1 fully saturated rings. The molecule has 1 unspecified atom stereocenters. The summed E-state index contributed by atoms with van der Waals surface area (Å²) in [5, 5.41) is 0. The number of nitrogens with zero attached hydrogens (tertiary/aromatic N) is 4. The van der Waals surface area contributed by atoms with E-state index in [1.807, 2.05) is 13.8 Å². The Kier molecular flexibility index (Phi) is 4.24. The molecule has 0 aromatic carbocycles. The highest BCUT2D eigenvalue weighted by molar-refractivity contribution is 5.57. The summed E-state index contributed by atoms with van der Waals surface area (Å²) in [5.74, 6) is 2.37. The van der Waals surface area contributed by atoms with Gasteiger partial charge >= 0.3 is 0 Å². The van der Waals surface area contributed by atoms with Crippen LogP contribution in [0.15, 0.2) is 0 Å². The molecule has 1 aliphatic rings. The fraction of sp³-hybridized carbons (Fsp3) is 0.714. The number of aryl methyl sites for hydroxylation is 1. The zero-order chi connectivity index (χ0) is 14.0. The molecule has 19 heavy (non-hydrogen) atoms. The Bertz CT molecular complexity index is 442. The second-order valence-electron chi connectivity index (χ2n) is 5.21. The van der Waals surface area contributed by atoms with Crippen LogP contribution in [0, 0.1) is 13.8 Å². The number of hydrogen-bond donors (Lipinski definition) is 1. The molecule has 0 amide bonds. The minimum absolute atomic E-state index is 0.605. The summed E-state index contributed by atoms with van der Waals surface area (Å²) in [6, 6.07) is 0.630. The summed E-state index contributed by atoms with van der Waals surface area (Å²) in [5.41, 5.74) is 6.95. The molecule has 0 saturated carbocycles. The van der Waals surface area contributed by atoms with Crippen molar-refractivity contribution in [1.29, 1.82) is 0 Å². The van der Waals surface area contributed by atoms with Crippen molar-refractivity contribution in [1.82, 2.24) is 14.9 Å². The Labute approximate surface area is 115 Å². The van der Waals surface area contributed by atoms with Gasteiger partial charge in [0.05, 0.1) is 0 Å². The number of nitrogens with two attached hydrogens (primary N) is 1. The van der Waals surface area contributed by atoms with Crippen LogP contribution in [0.2, 0.25) is 0 Å². The lowest BCUT2D eigenvalue weighted by atomic mass is 10.2. The van der Waals surface area contributed by atoms with E-state index < -0.39 is 0 Å². The number of anilines is 2. The quantitative estimate of drug-likeness (QED) is 0.894. The van der Waals surface area contributed by atoms with E-state index in [9.17, 15) is 0 Å². The molecule has 1 saturated heterocycles. The number of likely N-dealkylation sites (N-methyl/N-ethyl adjacent to an activating group) is 1. The van der Waals surface area contributed by atoms with Crippen LogP contribution in [0.25, 0.3) is 0 Å². The first-order valence-corrected chi connectivity index (χ1v) is 7.16. The Morgan fingerprint density at radius 1 is 1.26 bits per heavy atom. The van der Waals surface area contributed by atoms with Crippen LogP contribution in [-0.4, -0.2) is 47.1 Å². The van der Waals surface area contributed by atoms with E-state index in [1.54, 1.807) is 0 Å². The van der Waals surface area contributed by atoms with Crippen LogP contribution in [0.4, 0.5) is 11.6 Å². The monoisotopic (exact) mass is 263 g/mol. The maximum absolute atomic E-state index is 5.95. The second kappa shape index (κ2) is 5.74. The van der Waals surface area contributed by atoms with Crippen molar-refractivity contribution in [2.45, 2.75) is 40.2 Å². The third-order valence-corrected chi connectivity index (χ3v) is 4.06. The molecular weight excluding hydrogens is 238 g/mol. The first-order chi connectivity index (χ1) is 9.06. The summed E-state index contributed by atoms with van der Waals surface area (Å²) in [6.07, 6.45) is 1.20. The molecule has 0 spiro atoms. The maximum Gasteiger partial charge on any atom is 0.137 e. The molecular formula is C14H25N5. The van der Waals surface area contributed by atoms with E-state index in [0.717, 1.165) is 43.4 Å². The zero-order valence-electron chi connectivity index (χ0n) is 12.5. The molecule has 0 bridgehead atoms. The lowest BCUT2D eigenvalue weighted by molar-refractivity contribution is 0.232. The van der Waals surface area contributed by atoms with Crippen molar-refractivity contribution >= 4 is 11.6 Å². The first-order valence-electron chi connectivity index (χ1n) is 7.16. The van der Waals surface area contributed by atoms with Gasteiger partial charge in [0, 0.05) is 24.7 Å². The van der Waals surface area contributed by atoms with Crippen LogP contribution < -0.4 is 10.6 Å². The Balaban J connectivity index is 2.17. The molecule has 1 aromatic heterocycles. The number of nitrogen functional groups attached to an aromatic ring is 1. The molecule has 5 heteroatoms. The van der Waals surface area contributed by atoms with Crippen molar-refractivity contribution in [3.63, 3.8) is 0 Å². The molecule has 2 rings (SSSR count). The smallest absolute Gasteiger partial charge is 0.137 e. The van der Waals surface area contributed by atoms with Crippen molar-refractivity contribution in [2.75, 3.05) is 36.8 Å². The van der Waals surface area contributed by atoms with Crippen LogP contribution in [0.1, 0.15) is 31.7 Å². The molecule has 106 valence electrons. The van der Waals surface area contributed by atoms with Gasteiger partial charge in [-0.3, -0.25) is 4.90 Å². The zero-order valence-corrected chi connectivity index (χ0v) is 12.5. The highest BCUT2D eigenvalue weighted by Crippen LogP contribution is 2.26. The first kappa shape index (κ1) is 14.1. The molecule has 1 aliphatic heterocycles. The predicted octanol–water partition coefficient (Wildman–Crippen LogP) is 1.60. The standard InChI is InChI=1S/C14H25N5/c1-5-18(6-2)12-7-8-19(9-12)14-10(3)13(15)16-11(4)17-14/h12H,5-9H2,1-4H3,(H2,15,16,17). The van der Waals surface area contributed by atoms with Crippen LogP contribution in [0.5, 0.6) is 0 Å². The number of hydrogen-bond acceptors (Lipinski definition) is 5. The lowest BCUT2D eigenvalue weighted by Crippen LogP contribution is -2.37. The van der Waals surface area contributed by atoms with E-state index >= 15 is 0 Å². The highest BCUT2D eigenvalue weighted by atomic mass is 15.3. The molecule has 2 N–H and O–H groups in total.